The number of amides is 2. The highest BCUT2D eigenvalue weighted by atomic mass is 32.2. The van der Waals surface area contributed by atoms with E-state index in [-0.39, 0.29) is 36.3 Å². The molecule has 0 aromatic heterocycles. The van der Waals surface area contributed by atoms with Crippen molar-refractivity contribution in [3.05, 3.63) is 137 Å². The van der Waals surface area contributed by atoms with Gasteiger partial charge in [-0.05, 0) is 34.4 Å². The topological polar surface area (TPSA) is 117 Å². The molecule has 4 atom stereocenters. The highest BCUT2D eigenvalue weighted by Crippen LogP contribution is 2.43. The van der Waals surface area contributed by atoms with Crippen molar-refractivity contribution in [2.24, 2.45) is 5.92 Å². The Balaban J connectivity index is 1.27. The summed E-state index contributed by atoms with van der Waals surface area (Å²) in [6.07, 6.45) is -1.17. The summed E-state index contributed by atoms with van der Waals surface area (Å²) in [5.74, 6) is -0.456. The van der Waals surface area contributed by atoms with Gasteiger partial charge in [-0.25, -0.2) is 9.59 Å². The molecule has 0 unspecified atom stereocenters. The monoisotopic (exact) mass is 612 g/mol. The molecule has 0 bridgehead atoms. The summed E-state index contributed by atoms with van der Waals surface area (Å²) in [6, 6.07) is 31.9. The first kappa shape index (κ1) is 31.3. The quantitative estimate of drug-likeness (QED) is 0.144. The highest BCUT2D eigenvalue weighted by molar-refractivity contribution is 7.99. The number of rotatable bonds is 11. The van der Waals surface area contributed by atoms with Crippen LogP contribution in [0.3, 0.4) is 0 Å². The molecule has 44 heavy (non-hydrogen) atoms. The molecule has 2 amide bonds. The van der Waals surface area contributed by atoms with Crippen LogP contribution < -0.4 is 10.6 Å². The van der Waals surface area contributed by atoms with Gasteiger partial charge in [-0.15, -0.1) is 11.8 Å². The number of ether oxygens (including phenoxy) is 2. The van der Waals surface area contributed by atoms with Crippen molar-refractivity contribution in [2.75, 3.05) is 5.75 Å². The lowest BCUT2D eigenvalue weighted by atomic mass is 9.91. The van der Waals surface area contributed by atoms with Crippen molar-refractivity contribution in [2.45, 2.75) is 50.0 Å². The van der Waals surface area contributed by atoms with Crippen LogP contribution in [0.1, 0.15) is 57.5 Å². The molecular weight excluding hydrogens is 576 g/mol. The number of carbonyl (C=O) groups is 2. The number of carbonyl (C=O) groups excluding carboxylic acids is 1. The van der Waals surface area contributed by atoms with E-state index < -0.39 is 12.3 Å². The average molecular weight is 613 g/mol. The summed E-state index contributed by atoms with van der Waals surface area (Å²) in [6.45, 7) is 2.86. The highest BCUT2D eigenvalue weighted by Gasteiger charge is 2.38. The molecule has 4 N–H and O–H groups in total. The number of aromatic carboxylic acids is 1. The van der Waals surface area contributed by atoms with E-state index >= 15 is 0 Å². The maximum absolute atomic E-state index is 12.3. The van der Waals surface area contributed by atoms with Crippen molar-refractivity contribution in [1.82, 2.24) is 10.6 Å². The summed E-state index contributed by atoms with van der Waals surface area (Å²) in [5, 5.41) is 24.9. The summed E-state index contributed by atoms with van der Waals surface area (Å²) in [4.78, 5) is 24.7. The van der Waals surface area contributed by atoms with Crippen molar-refractivity contribution < 1.29 is 29.3 Å². The van der Waals surface area contributed by atoms with Crippen LogP contribution in [0.4, 0.5) is 4.79 Å². The zero-order valence-corrected chi connectivity index (χ0v) is 25.2. The molecule has 8 nitrogen and oxygen atoms in total. The lowest BCUT2D eigenvalue weighted by Crippen LogP contribution is -2.38. The van der Waals surface area contributed by atoms with Crippen molar-refractivity contribution in [3.63, 3.8) is 0 Å². The smallest absolute Gasteiger partial charge is 0.336 e. The second kappa shape index (κ2) is 15.0. The molecule has 1 fully saturated rings. The molecule has 1 heterocycles. The molecule has 1 saturated heterocycles. The minimum absolute atomic E-state index is 0.0337. The van der Waals surface area contributed by atoms with E-state index in [2.05, 4.69) is 17.6 Å². The van der Waals surface area contributed by atoms with Crippen LogP contribution >= 0.6 is 11.8 Å². The van der Waals surface area contributed by atoms with Crippen molar-refractivity contribution in [3.8, 4) is 0 Å². The number of carboxylic acids is 1. The lowest BCUT2D eigenvalue weighted by molar-refractivity contribution is -0.268. The average Bonchev–Trinajstić information content (AvgIpc) is 3.07. The molecular formula is C35H36N2O6S. The first-order valence-electron chi connectivity index (χ1n) is 14.5. The van der Waals surface area contributed by atoms with E-state index in [4.69, 9.17) is 9.47 Å². The van der Waals surface area contributed by atoms with Crippen LogP contribution in [0.25, 0.3) is 0 Å². The standard InChI is InChI=1S/C35H36N2O6S/c1-23-30(22-44-31-10-6-5-9-29(31)33(39)40)42-34(43-32(23)27-15-13-26(21-38)14-16-27)28-17-11-25(12-18-28)20-37-35(41)36-19-24-7-3-2-4-8-24/h2-18,23,30,32,34,38H,19-22H2,1H3,(H,39,40)(H2,36,37,41)/t23-,30+,32+,34+/m1/s1. The van der Waals surface area contributed by atoms with Gasteiger partial charge in [0.25, 0.3) is 0 Å². The van der Waals surface area contributed by atoms with Crippen LogP contribution in [-0.4, -0.2) is 34.1 Å². The second-order valence-corrected chi connectivity index (χ2v) is 11.8. The number of urea groups is 1. The van der Waals surface area contributed by atoms with Gasteiger partial charge in [0.05, 0.1) is 24.4 Å². The Morgan fingerprint density at radius 1 is 0.750 bits per heavy atom. The van der Waals surface area contributed by atoms with E-state index in [1.165, 1.54) is 11.8 Å². The SMILES string of the molecule is C[C@@H]1[C@H](CSc2ccccc2C(=O)O)O[C@H](c2ccc(CNC(=O)NCc3ccccc3)cc2)O[C@@H]1c1ccc(CO)cc1. The molecule has 4 aromatic carbocycles. The molecule has 5 rings (SSSR count). The van der Waals surface area contributed by atoms with Gasteiger partial charge in [-0.3, -0.25) is 0 Å². The Labute approximate surface area is 261 Å². The third kappa shape index (κ3) is 8.06. The van der Waals surface area contributed by atoms with Gasteiger partial charge < -0.3 is 30.3 Å². The van der Waals surface area contributed by atoms with Crippen LogP contribution in [0.2, 0.25) is 0 Å². The van der Waals surface area contributed by atoms with Gasteiger partial charge in [-0.2, -0.15) is 0 Å². The van der Waals surface area contributed by atoms with Crippen molar-refractivity contribution >= 4 is 23.8 Å². The minimum atomic E-state index is -0.961. The van der Waals surface area contributed by atoms with Gasteiger partial charge in [0.1, 0.15) is 0 Å². The fraction of sp³-hybridized carbons (Fsp3) is 0.257. The summed E-state index contributed by atoms with van der Waals surface area (Å²) in [7, 11) is 0. The predicted octanol–water partition coefficient (Wildman–Crippen LogP) is 6.46. The van der Waals surface area contributed by atoms with Gasteiger partial charge >= 0.3 is 12.0 Å². The molecule has 9 heteroatoms. The lowest BCUT2D eigenvalue weighted by Gasteiger charge is -2.41. The molecule has 0 aliphatic carbocycles. The van der Waals surface area contributed by atoms with Crippen LogP contribution in [0.5, 0.6) is 0 Å². The zero-order chi connectivity index (χ0) is 30.9. The molecule has 0 radical (unpaired) electrons. The number of aliphatic hydroxyl groups is 1. The Kier molecular flexibility index (Phi) is 10.7. The normalized spacial score (nSPS) is 19.7. The minimum Gasteiger partial charge on any atom is -0.478 e. The molecule has 0 spiro atoms. The largest absolute Gasteiger partial charge is 0.478 e. The maximum atomic E-state index is 12.3. The van der Waals surface area contributed by atoms with E-state index in [0.717, 1.165) is 27.8 Å². The first-order valence-corrected chi connectivity index (χ1v) is 15.5. The van der Waals surface area contributed by atoms with Gasteiger partial charge in [0.2, 0.25) is 0 Å². The van der Waals surface area contributed by atoms with Crippen LogP contribution in [0, 0.1) is 5.92 Å². The number of hydrogen-bond donors (Lipinski definition) is 4. The summed E-state index contributed by atoms with van der Waals surface area (Å²) in [5.41, 5.74) is 4.86. The number of carboxylic acid groups (broad SMARTS) is 1. The second-order valence-electron chi connectivity index (χ2n) is 10.7. The Morgan fingerprint density at radius 3 is 2.00 bits per heavy atom. The number of aliphatic hydroxyl groups excluding tert-OH is 1. The van der Waals surface area contributed by atoms with E-state index in [1.807, 2.05) is 91.0 Å². The summed E-state index contributed by atoms with van der Waals surface area (Å²) >= 11 is 1.46. The third-order valence-electron chi connectivity index (χ3n) is 7.64. The fourth-order valence-corrected chi connectivity index (χ4v) is 6.28. The van der Waals surface area contributed by atoms with E-state index in [0.29, 0.717) is 23.7 Å². The predicted molar refractivity (Wildman–Crippen MR) is 169 cm³/mol. The maximum Gasteiger partial charge on any atom is 0.336 e. The molecule has 0 saturated carbocycles. The van der Waals surface area contributed by atoms with Crippen molar-refractivity contribution in [1.29, 1.82) is 0 Å². The van der Waals surface area contributed by atoms with Gasteiger partial charge in [0.15, 0.2) is 6.29 Å². The van der Waals surface area contributed by atoms with Crippen LogP contribution in [-0.2, 0) is 29.2 Å². The Bertz CT molecular complexity index is 1530. The summed E-state index contributed by atoms with van der Waals surface area (Å²) < 4.78 is 13.0. The zero-order valence-electron chi connectivity index (χ0n) is 24.4. The molecule has 4 aromatic rings. The number of thioether (sulfide) groups is 1. The Morgan fingerprint density at radius 2 is 1.34 bits per heavy atom. The third-order valence-corrected chi connectivity index (χ3v) is 8.81. The molecule has 1 aliphatic rings. The first-order chi connectivity index (χ1) is 21.4. The van der Waals surface area contributed by atoms with E-state index in [9.17, 15) is 19.8 Å². The van der Waals surface area contributed by atoms with E-state index in [1.54, 1.807) is 12.1 Å². The Hall–Kier alpha value is -4.15. The number of benzene rings is 4. The molecule has 1 aliphatic heterocycles. The van der Waals surface area contributed by atoms with Gasteiger partial charge in [-0.1, -0.05) is 97.9 Å². The fourth-order valence-electron chi connectivity index (χ4n) is 5.07. The number of nitrogens with one attached hydrogen (secondary N) is 2. The number of hydrogen-bond acceptors (Lipinski definition) is 6. The van der Waals surface area contributed by atoms with Crippen LogP contribution in [0.15, 0.2) is 108 Å². The molecule has 228 valence electrons. The van der Waals surface area contributed by atoms with Gasteiger partial charge in [0, 0.05) is 35.2 Å².